The number of benzene rings is 5. The summed E-state index contributed by atoms with van der Waals surface area (Å²) in [4.78, 5) is 68.9. The summed E-state index contributed by atoms with van der Waals surface area (Å²) in [6, 6.07) is 0. The number of fused-ring (bicyclic) bond motifs is 5. The van der Waals surface area contributed by atoms with Crippen molar-refractivity contribution in [2.45, 2.75) is 216 Å². The zero-order valence-electron chi connectivity index (χ0n) is 88.4. The first-order chi connectivity index (χ1) is 67.0. The van der Waals surface area contributed by atoms with Crippen molar-refractivity contribution >= 4 is 99.7 Å². The summed E-state index contributed by atoms with van der Waals surface area (Å²) in [5.41, 5.74) is 16.6. The fourth-order valence-electron chi connectivity index (χ4n) is 15.3. The number of halogens is 2. The summed E-state index contributed by atoms with van der Waals surface area (Å²) >= 11 is 6.76. The maximum atomic E-state index is 12.6. The molecule has 0 spiro atoms. The maximum Gasteiger partial charge on any atom is 1.00 e. The van der Waals surface area contributed by atoms with E-state index in [0.717, 1.165) is 73.5 Å². The van der Waals surface area contributed by atoms with Crippen LogP contribution in [0.25, 0.3) is 0 Å². The average Bonchev–Trinajstić information content (AvgIpc) is 1.60. The van der Waals surface area contributed by atoms with Crippen LogP contribution in [0.5, 0.6) is 57.5 Å². The molecule has 1 unspecified atom stereocenters. The molecule has 5 heterocycles. The number of hydrogen-bond donors (Lipinski definition) is 7. The zero-order valence-corrected chi connectivity index (χ0v) is 96.0. The van der Waals surface area contributed by atoms with Crippen LogP contribution in [0.2, 0.25) is 0 Å². The van der Waals surface area contributed by atoms with E-state index < -0.39 is 67.8 Å². The fourth-order valence-corrected chi connectivity index (χ4v) is 22.4. The van der Waals surface area contributed by atoms with Gasteiger partial charge < -0.3 is 129 Å². The number of hydrogen-bond acceptors (Lipinski definition) is 36. The molecule has 0 radical (unpaired) electrons. The number of aliphatic hydroxyl groups excluding tert-OH is 1. The summed E-state index contributed by atoms with van der Waals surface area (Å²) in [6.45, 7) is 41.9. The van der Waals surface area contributed by atoms with Crippen molar-refractivity contribution in [3.05, 3.63) is 170 Å². The van der Waals surface area contributed by atoms with Gasteiger partial charge in [0.2, 0.25) is 0 Å². The van der Waals surface area contributed by atoms with E-state index in [0.29, 0.717) is 189 Å². The Labute approximate surface area is 876 Å². The molecule has 0 aromatic heterocycles. The molecule has 144 heavy (non-hydrogen) atoms. The van der Waals surface area contributed by atoms with E-state index in [1.54, 1.807) is 76.5 Å². The molecule has 0 fully saturated rings. The number of methoxy groups -OCH3 is 5. The van der Waals surface area contributed by atoms with Crippen LogP contribution < -0.4 is 42.5 Å². The molecule has 5 aliphatic rings. The topological polar surface area (TPSA) is 518 Å². The second kappa shape index (κ2) is 65.4. The quantitative estimate of drug-likeness (QED) is 0.00475. The molecule has 5 aromatic carbocycles. The Balaban J connectivity index is 0.000000859. The number of rotatable bonds is 44. The van der Waals surface area contributed by atoms with E-state index in [2.05, 4.69) is 31.9 Å². The number of ether oxygens (including phenoxy) is 10. The number of esters is 5. The van der Waals surface area contributed by atoms with Crippen LogP contribution in [0.1, 0.15) is 251 Å². The molecule has 10 rings (SSSR count). The molecule has 0 amide bonds. The Morgan fingerprint density at radius 1 is 0.319 bits per heavy atom. The minimum absolute atomic E-state index is 0. The Hall–Kier alpha value is -7.62. The van der Waals surface area contributed by atoms with E-state index in [1.807, 2.05) is 99.6 Å². The first-order valence-electron chi connectivity index (χ1n) is 46.2. The van der Waals surface area contributed by atoms with Gasteiger partial charge in [-0.05, 0) is 211 Å². The number of carbonyl (C=O) groups is 5. The Morgan fingerprint density at radius 3 is 0.660 bits per heavy atom. The standard InChI is InChI=1S/2C20H29O7P.C18H25O7P.2C15H17BrO4.2C5H13O3P.CH4O.Li.H2O/c2*1-6-26-28(23,27-7-2)11-10-13(3)8-9-15-18(21)17-16(12-25-20(17)22)14(4)19(15)24-5;1-5-25-26(21,22)9-8-11(2)6-7-13-16(19)15-14(10-24-18(15)20)12(3)17(13)23-4;2*1-8(6-16)4-5-10-13(17)12-11(7-20-15(12)18)9(2)14(10)19-3;2*1-4-7-9(3,6)8-5-2;1-2;;/h2*8,21H,6-7,9-12H2,1-5H3;6,19H,5,7-10H2,1-4H3,(H,21,22);2*4,17H,5-7H2,1-3H3;2*4-5H2,1-3H3;2H,1H3;;1H2/q;;;;;;;;+1;/p-1/b2*13-8+;11-6+;2*8-4+;;;;;. The van der Waals surface area contributed by atoms with Crippen molar-refractivity contribution in [3.8, 4) is 57.5 Å². The molecule has 1 atom stereocenters. The van der Waals surface area contributed by atoms with E-state index in [-0.39, 0.29) is 139 Å². The number of cyclic esters (lactones) is 5. The van der Waals surface area contributed by atoms with Gasteiger partial charge in [-0.3, -0.25) is 22.8 Å². The first-order valence-corrected chi connectivity index (χ1v) is 57.7. The monoisotopic (exact) mass is 2250 g/mol. The molecule has 0 aliphatic carbocycles. The van der Waals surface area contributed by atoms with E-state index >= 15 is 0 Å². The van der Waals surface area contributed by atoms with Crippen LogP contribution in [-0.2, 0) is 152 Å². The van der Waals surface area contributed by atoms with Gasteiger partial charge in [-0.1, -0.05) is 90.1 Å². The summed E-state index contributed by atoms with van der Waals surface area (Å²) in [5.74, 6) is -0.0218. The van der Waals surface area contributed by atoms with Crippen molar-refractivity contribution in [2.24, 2.45) is 0 Å². The van der Waals surface area contributed by atoms with Gasteiger partial charge in [-0.15, -0.1) is 0 Å². The van der Waals surface area contributed by atoms with Crippen LogP contribution in [0.15, 0.2) is 58.2 Å². The van der Waals surface area contributed by atoms with Crippen LogP contribution in [0, 0.1) is 34.6 Å². The number of alkyl halides is 2. The third-order valence-electron chi connectivity index (χ3n) is 22.4. The van der Waals surface area contributed by atoms with Gasteiger partial charge in [0.25, 0.3) is 0 Å². The third kappa shape index (κ3) is 38.1. The molecule has 806 valence electrons. The molecule has 5 aromatic rings. The average molecular weight is 2250 g/mol. The summed E-state index contributed by atoms with van der Waals surface area (Å²) in [6.07, 6.45) is 13.8. The molecule has 8 N–H and O–H groups in total. The Bertz CT molecular complexity index is 5280. The van der Waals surface area contributed by atoms with Crippen LogP contribution in [-0.4, -0.2) is 215 Å². The second-order valence-electron chi connectivity index (χ2n) is 32.2. The van der Waals surface area contributed by atoms with Crippen molar-refractivity contribution < 1.29 is 195 Å². The summed E-state index contributed by atoms with van der Waals surface area (Å²) in [5, 5.41) is 61.1. The Morgan fingerprint density at radius 2 is 0.493 bits per heavy atom. The smallest absolute Gasteiger partial charge is 0.870 e. The van der Waals surface area contributed by atoms with Crippen LogP contribution in [0.4, 0.5) is 0 Å². The summed E-state index contributed by atoms with van der Waals surface area (Å²) in [7, 11) is -6.44. The molecule has 37 nitrogen and oxygen atoms in total. The second-order valence-corrected chi connectivity index (χ2v) is 43.8. The Kier molecular flexibility index (Phi) is 61.0. The van der Waals surface area contributed by atoms with Crippen molar-refractivity contribution in [2.75, 3.05) is 145 Å². The first kappa shape index (κ1) is 134. The molecule has 5 aliphatic heterocycles. The molecule has 45 heteroatoms. The van der Waals surface area contributed by atoms with E-state index in [9.17, 15) is 77.2 Å². The van der Waals surface area contributed by atoms with Gasteiger partial charge in [-0.2, -0.15) is 0 Å². The van der Waals surface area contributed by atoms with Gasteiger partial charge in [-0.25, -0.2) is 24.0 Å². The number of aliphatic hydroxyl groups is 1. The minimum Gasteiger partial charge on any atom is -0.870 e. The van der Waals surface area contributed by atoms with E-state index in [4.69, 9.17) is 93.2 Å². The molecule has 0 saturated heterocycles. The van der Waals surface area contributed by atoms with Crippen molar-refractivity contribution in [1.29, 1.82) is 0 Å². The third-order valence-corrected chi connectivity index (χ3v) is 32.6. The zero-order chi connectivity index (χ0) is 108. The minimum atomic E-state index is -3.57. The molecule has 0 bridgehead atoms. The molecule has 0 saturated carbocycles. The van der Waals surface area contributed by atoms with Crippen molar-refractivity contribution in [3.63, 3.8) is 0 Å². The summed E-state index contributed by atoms with van der Waals surface area (Å²) < 4.78 is 157. The van der Waals surface area contributed by atoms with Gasteiger partial charge in [0.15, 0.2) is 0 Å². The normalized spacial score (nSPS) is 13.9. The maximum absolute atomic E-state index is 12.6. The van der Waals surface area contributed by atoms with Gasteiger partial charge in [0, 0.05) is 86.7 Å². The van der Waals surface area contributed by atoms with Gasteiger partial charge in [0.1, 0.15) is 118 Å². The largest absolute Gasteiger partial charge is 1.00 e. The number of aromatic hydroxyl groups is 5. The van der Waals surface area contributed by atoms with Crippen molar-refractivity contribution in [1.82, 2.24) is 0 Å². The van der Waals surface area contributed by atoms with Crippen LogP contribution >= 0.6 is 69.8 Å². The SMILES string of the molecule is CCOP(=O)(CC/C(C)=C/Cc1c(O)c2c(c(C)c1OC)COC2=O)OCC.CCOP(=O)(CC/C(C)=C/Cc1c(O)c2c(c(C)c1OC)COC2=O)OCC.CCOP(=O)(O)CC/C(C)=C/Cc1c(O)c2c(c(C)c1OC)COC2=O.CCOP(C)(=O)OCC.CCOP(C)(=O)OCC.CO.COc1c(C)c2c(c(O)c1C/C=C(\C)CBr)C(=O)OC2.COc1c(C)c2c(c(O)c1C/C=C(\C)CBr)C(=O)OC2.[Li+].[OH-]. The number of allylic oxidation sites excluding steroid dienone is 10. The number of phenols is 5. The molecular weight excluding hydrogens is 2100 g/mol. The fraction of sp³-hybridized carbons (Fsp3) is 0.545. The predicted octanol–water partition coefficient (Wildman–Crippen LogP) is 19.3. The molecular formula is C99H148Br2LiO37P5. The van der Waals surface area contributed by atoms with Gasteiger partial charge in [0.05, 0.1) is 113 Å². The predicted molar refractivity (Wildman–Crippen MR) is 553 cm³/mol. The number of carbonyl (C=O) groups excluding carboxylic acids is 5. The number of phenolic OH excluding ortho intramolecular Hbond substituents is 5. The van der Waals surface area contributed by atoms with E-state index in [1.165, 1.54) is 34.7 Å². The van der Waals surface area contributed by atoms with Gasteiger partial charge >= 0.3 is 86.7 Å². The van der Waals surface area contributed by atoms with Crippen LogP contribution in [0.3, 0.4) is 0 Å².